The normalized spacial score (nSPS) is 19.9. The minimum atomic E-state index is -4.34. The molecule has 0 bridgehead atoms. The highest BCUT2D eigenvalue weighted by molar-refractivity contribution is 7.89. The Balaban J connectivity index is 1.58. The van der Waals surface area contributed by atoms with Crippen molar-refractivity contribution in [2.24, 2.45) is 0 Å². The van der Waals surface area contributed by atoms with Crippen LogP contribution >= 0.6 is 0 Å². The van der Waals surface area contributed by atoms with Gasteiger partial charge in [0.25, 0.3) is 21.8 Å². The molecular weight excluding hydrogens is 464 g/mol. The number of methoxy groups -OCH3 is 1. The van der Waals surface area contributed by atoms with Crippen LogP contribution in [0.3, 0.4) is 0 Å². The molecule has 3 amide bonds. The number of hydrogen-bond donors (Lipinski definition) is 0. The van der Waals surface area contributed by atoms with Crippen LogP contribution in [0.1, 0.15) is 39.1 Å². The lowest BCUT2D eigenvalue weighted by Gasteiger charge is -2.24. The predicted molar refractivity (Wildman–Crippen MR) is 117 cm³/mol. The first-order valence-electron chi connectivity index (χ1n) is 10.5. The maximum absolute atomic E-state index is 13.2. The molecule has 34 heavy (non-hydrogen) atoms. The van der Waals surface area contributed by atoms with Gasteiger partial charge in [0.15, 0.2) is 0 Å². The molecule has 1 fully saturated rings. The molecule has 1 saturated heterocycles. The molecule has 2 atom stereocenters. The molecule has 2 aliphatic rings. The largest absolute Gasteiger partial charge is 0.469 e. The Morgan fingerprint density at radius 1 is 1.00 bits per heavy atom. The van der Waals surface area contributed by atoms with E-state index in [0.29, 0.717) is 4.31 Å². The maximum Gasteiger partial charge on any atom is 0.424 e. The highest BCUT2D eigenvalue weighted by Gasteiger charge is 2.50. The predicted octanol–water partition coefficient (Wildman–Crippen LogP) is 2.12. The highest BCUT2D eigenvalue weighted by Crippen LogP contribution is 2.32. The van der Waals surface area contributed by atoms with Crippen molar-refractivity contribution in [1.29, 1.82) is 0 Å². The number of carbonyl (C=O) groups is 4. The van der Waals surface area contributed by atoms with Crippen LogP contribution in [0.4, 0.5) is 4.79 Å². The van der Waals surface area contributed by atoms with E-state index in [4.69, 9.17) is 4.74 Å². The number of aryl methyl sites for hydroxylation is 1. The Kier molecular flexibility index (Phi) is 6.13. The topological polar surface area (TPSA) is 127 Å². The van der Waals surface area contributed by atoms with Crippen LogP contribution in [-0.2, 0) is 24.3 Å². The van der Waals surface area contributed by atoms with Crippen LogP contribution in [0, 0.1) is 6.92 Å². The van der Waals surface area contributed by atoms with Crippen molar-refractivity contribution in [2.45, 2.75) is 36.8 Å². The quantitative estimate of drug-likeness (QED) is 0.430. The number of fused-ring (bicyclic) bond motifs is 1. The summed E-state index contributed by atoms with van der Waals surface area (Å²) in [6.45, 7) is 1.66. The van der Waals surface area contributed by atoms with Gasteiger partial charge in [-0.2, -0.15) is 4.31 Å². The number of amides is 3. The van der Waals surface area contributed by atoms with Gasteiger partial charge in [-0.1, -0.05) is 29.8 Å². The zero-order chi connectivity index (χ0) is 24.6. The summed E-state index contributed by atoms with van der Waals surface area (Å²) in [6, 6.07) is 11.1. The number of benzene rings is 2. The molecule has 11 heteroatoms. The van der Waals surface area contributed by atoms with Crippen molar-refractivity contribution in [3.8, 4) is 0 Å². The summed E-state index contributed by atoms with van der Waals surface area (Å²) < 4.78 is 37.1. The van der Waals surface area contributed by atoms with E-state index in [1.165, 1.54) is 12.1 Å². The van der Waals surface area contributed by atoms with Crippen LogP contribution in [-0.4, -0.2) is 67.3 Å². The second-order valence-electron chi connectivity index (χ2n) is 7.98. The molecule has 0 aromatic heterocycles. The van der Waals surface area contributed by atoms with E-state index in [-0.39, 0.29) is 29.0 Å². The summed E-state index contributed by atoms with van der Waals surface area (Å²) in [4.78, 5) is 50.9. The average molecular weight is 487 g/mol. The lowest BCUT2D eigenvalue weighted by Crippen LogP contribution is -2.43. The minimum Gasteiger partial charge on any atom is -0.469 e. The van der Waals surface area contributed by atoms with E-state index >= 15 is 0 Å². The Morgan fingerprint density at radius 3 is 2.15 bits per heavy atom. The van der Waals surface area contributed by atoms with Gasteiger partial charge in [-0.05, 0) is 31.2 Å². The smallest absolute Gasteiger partial charge is 0.424 e. The Bertz CT molecular complexity index is 1240. The van der Waals surface area contributed by atoms with Gasteiger partial charge >= 0.3 is 12.1 Å². The van der Waals surface area contributed by atoms with Crippen molar-refractivity contribution in [2.75, 3.05) is 13.7 Å². The minimum absolute atomic E-state index is 0.0568. The molecule has 0 radical (unpaired) electrons. The molecule has 2 heterocycles. The molecule has 0 N–H and O–H groups in total. The second kappa shape index (κ2) is 8.90. The molecule has 4 rings (SSSR count). The molecule has 2 aromatic rings. The van der Waals surface area contributed by atoms with E-state index in [2.05, 4.69) is 4.74 Å². The third-order valence-electron chi connectivity index (χ3n) is 5.86. The molecule has 2 aliphatic heterocycles. The third kappa shape index (κ3) is 4.03. The Morgan fingerprint density at radius 2 is 1.59 bits per heavy atom. The highest BCUT2D eigenvalue weighted by atomic mass is 32.2. The van der Waals surface area contributed by atoms with E-state index in [9.17, 15) is 27.6 Å². The summed E-state index contributed by atoms with van der Waals surface area (Å²) in [5, 5.41) is 0. The molecule has 0 aliphatic carbocycles. The number of cyclic esters (lactones) is 1. The van der Waals surface area contributed by atoms with Gasteiger partial charge in [-0.25, -0.2) is 13.2 Å². The molecular formula is C23H22N2O8S. The number of rotatable bonds is 7. The number of esters is 1. The standard InChI is InChI=1S/C23H22N2O8S/c1-14-7-9-15(10-8-14)34(30,31)25-18(13-20(26)32-2)19(33-23(25)29)11-12-24-21(27)16-5-3-4-6-17(16)22(24)28/h3-10,18-19H,11-13H2,1-2H3/t18-,19+/m1/s1. The van der Waals surface area contributed by atoms with Crippen LogP contribution < -0.4 is 0 Å². The molecule has 2 aromatic carbocycles. The van der Waals surface area contributed by atoms with Gasteiger partial charge in [0.05, 0.1) is 35.6 Å². The fourth-order valence-corrected chi connectivity index (χ4v) is 5.58. The summed E-state index contributed by atoms with van der Waals surface area (Å²) in [5.41, 5.74) is 1.36. The first-order valence-corrected chi connectivity index (χ1v) is 11.9. The van der Waals surface area contributed by atoms with Crippen molar-refractivity contribution in [1.82, 2.24) is 9.21 Å². The summed E-state index contributed by atoms with van der Waals surface area (Å²) >= 11 is 0. The van der Waals surface area contributed by atoms with Gasteiger partial charge in [-0.15, -0.1) is 0 Å². The van der Waals surface area contributed by atoms with Gasteiger partial charge in [0, 0.05) is 13.0 Å². The lowest BCUT2D eigenvalue weighted by atomic mass is 10.1. The lowest BCUT2D eigenvalue weighted by molar-refractivity contribution is -0.141. The molecule has 0 saturated carbocycles. The monoisotopic (exact) mass is 486 g/mol. The third-order valence-corrected chi connectivity index (χ3v) is 7.66. The second-order valence-corrected chi connectivity index (χ2v) is 9.79. The van der Waals surface area contributed by atoms with Gasteiger partial charge in [0.2, 0.25) is 0 Å². The zero-order valence-corrected chi connectivity index (χ0v) is 19.3. The van der Waals surface area contributed by atoms with E-state index in [1.807, 2.05) is 0 Å². The summed E-state index contributed by atoms with van der Waals surface area (Å²) in [6.07, 6.45) is -2.71. The number of imide groups is 1. The van der Waals surface area contributed by atoms with Crippen LogP contribution in [0.25, 0.3) is 0 Å². The van der Waals surface area contributed by atoms with Crippen molar-refractivity contribution < 1.29 is 37.1 Å². The number of ether oxygens (including phenoxy) is 2. The number of sulfonamides is 1. The summed E-state index contributed by atoms with van der Waals surface area (Å²) in [5.74, 6) is -1.71. The molecule has 0 spiro atoms. The van der Waals surface area contributed by atoms with Crippen molar-refractivity contribution in [3.05, 3.63) is 65.2 Å². The maximum atomic E-state index is 13.2. The number of hydrogen-bond acceptors (Lipinski definition) is 8. The zero-order valence-electron chi connectivity index (χ0n) is 18.5. The fraction of sp³-hybridized carbons (Fsp3) is 0.304. The fourth-order valence-electron chi connectivity index (χ4n) is 4.06. The average Bonchev–Trinajstić information content (AvgIpc) is 3.26. The van der Waals surface area contributed by atoms with Crippen molar-refractivity contribution >= 4 is 33.9 Å². The van der Waals surface area contributed by atoms with E-state index in [0.717, 1.165) is 17.6 Å². The van der Waals surface area contributed by atoms with Crippen molar-refractivity contribution in [3.63, 3.8) is 0 Å². The van der Waals surface area contributed by atoms with Crippen LogP contribution in [0.2, 0.25) is 0 Å². The Hall–Kier alpha value is -3.73. The van der Waals surface area contributed by atoms with E-state index < -0.39 is 52.5 Å². The number of carbonyl (C=O) groups excluding carboxylic acids is 4. The first-order chi connectivity index (χ1) is 16.1. The molecule has 10 nitrogen and oxygen atoms in total. The summed E-state index contributed by atoms with van der Waals surface area (Å²) in [7, 11) is -3.19. The molecule has 178 valence electrons. The van der Waals surface area contributed by atoms with Gasteiger partial charge in [0.1, 0.15) is 6.10 Å². The SMILES string of the molecule is COC(=O)C[C@@H]1[C@H](CCN2C(=O)c3ccccc3C2=O)OC(=O)N1S(=O)(=O)c1ccc(C)cc1. The first kappa shape index (κ1) is 23.4. The van der Waals surface area contributed by atoms with Crippen LogP contribution in [0.15, 0.2) is 53.4 Å². The molecule has 0 unspecified atom stereocenters. The van der Waals surface area contributed by atoms with Crippen LogP contribution in [0.5, 0.6) is 0 Å². The number of nitrogens with zero attached hydrogens (tertiary/aromatic N) is 2. The van der Waals surface area contributed by atoms with Gasteiger partial charge < -0.3 is 9.47 Å². The van der Waals surface area contributed by atoms with Gasteiger partial charge in [-0.3, -0.25) is 19.3 Å². The Labute approximate surface area is 196 Å². The van der Waals surface area contributed by atoms with E-state index in [1.54, 1.807) is 43.3 Å².